The van der Waals surface area contributed by atoms with Crippen LogP contribution in [0.4, 0.5) is 10.5 Å². The maximum atomic E-state index is 12.2. The average molecular weight is 292 g/mol. The number of likely N-dealkylation sites (tertiary alicyclic amines) is 1. The molecule has 2 unspecified atom stereocenters. The third-order valence-corrected chi connectivity index (χ3v) is 4.13. The van der Waals surface area contributed by atoms with Crippen LogP contribution in [-0.4, -0.2) is 40.2 Å². The molecule has 3 N–H and O–H groups in total. The Morgan fingerprint density at radius 2 is 2.00 bits per heavy atom. The van der Waals surface area contributed by atoms with Crippen molar-refractivity contribution >= 4 is 17.7 Å². The minimum atomic E-state index is -1.23. The lowest BCUT2D eigenvalue weighted by atomic mass is 9.89. The van der Waals surface area contributed by atoms with Gasteiger partial charge in [0.05, 0.1) is 5.69 Å². The van der Waals surface area contributed by atoms with Crippen LogP contribution < -0.4 is 5.32 Å². The van der Waals surface area contributed by atoms with Crippen LogP contribution in [0.1, 0.15) is 30.6 Å². The summed E-state index contributed by atoms with van der Waals surface area (Å²) in [6.45, 7) is 5.60. The average Bonchev–Trinajstić information content (AvgIpc) is 2.43. The van der Waals surface area contributed by atoms with Crippen LogP contribution in [0.3, 0.4) is 0 Å². The van der Waals surface area contributed by atoms with E-state index < -0.39 is 11.7 Å². The summed E-state index contributed by atoms with van der Waals surface area (Å²) in [5.74, 6) is -0.651. The number of phenols is 1. The van der Waals surface area contributed by atoms with Gasteiger partial charge in [0.25, 0.3) is 0 Å². The van der Waals surface area contributed by atoms with Crippen molar-refractivity contribution in [2.24, 2.45) is 11.8 Å². The van der Waals surface area contributed by atoms with Crippen molar-refractivity contribution in [1.29, 1.82) is 0 Å². The standard InChI is InChI=1S/C15H20N2O4/c1-9-6-7-17(8-10(9)2)15(21)16-12-5-3-4-11(13(12)18)14(19)20/h3-5,9-10,18H,6-8H2,1-2H3,(H,16,21)(H,19,20). The first kappa shape index (κ1) is 15.2. The number of carboxylic acid groups (broad SMARTS) is 1. The Bertz CT molecular complexity index is 559. The summed E-state index contributed by atoms with van der Waals surface area (Å²) in [6.07, 6.45) is 0.940. The topological polar surface area (TPSA) is 89.9 Å². The van der Waals surface area contributed by atoms with Gasteiger partial charge in [0, 0.05) is 13.1 Å². The molecule has 2 atom stereocenters. The second kappa shape index (κ2) is 6.03. The van der Waals surface area contributed by atoms with E-state index >= 15 is 0 Å². The number of urea groups is 1. The minimum Gasteiger partial charge on any atom is -0.505 e. The van der Waals surface area contributed by atoms with Crippen LogP contribution in [-0.2, 0) is 0 Å². The molecule has 1 heterocycles. The first-order chi connectivity index (χ1) is 9.90. The summed E-state index contributed by atoms with van der Waals surface area (Å²) >= 11 is 0. The normalized spacial score (nSPS) is 21.9. The van der Waals surface area contributed by atoms with Gasteiger partial charge >= 0.3 is 12.0 Å². The van der Waals surface area contributed by atoms with E-state index in [4.69, 9.17) is 5.11 Å². The van der Waals surface area contributed by atoms with Gasteiger partial charge in [-0.2, -0.15) is 0 Å². The summed E-state index contributed by atoms with van der Waals surface area (Å²) in [4.78, 5) is 24.9. The molecule has 0 aliphatic carbocycles. The number of hydrogen-bond donors (Lipinski definition) is 3. The van der Waals surface area contributed by atoms with Crippen LogP contribution in [0.2, 0.25) is 0 Å². The highest BCUT2D eigenvalue weighted by atomic mass is 16.4. The van der Waals surface area contributed by atoms with Crippen LogP contribution in [0.25, 0.3) is 0 Å². The van der Waals surface area contributed by atoms with E-state index in [9.17, 15) is 14.7 Å². The van der Waals surface area contributed by atoms with Crippen molar-refractivity contribution in [2.45, 2.75) is 20.3 Å². The molecule has 0 radical (unpaired) electrons. The van der Waals surface area contributed by atoms with E-state index in [2.05, 4.69) is 19.2 Å². The Kier molecular flexibility index (Phi) is 4.35. The Morgan fingerprint density at radius 3 is 2.62 bits per heavy atom. The second-order valence-electron chi connectivity index (χ2n) is 5.63. The fraction of sp³-hybridized carbons (Fsp3) is 0.467. The van der Waals surface area contributed by atoms with Gasteiger partial charge in [0.15, 0.2) is 5.75 Å². The van der Waals surface area contributed by atoms with E-state index in [1.165, 1.54) is 18.2 Å². The fourth-order valence-corrected chi connectivity index (χ4v) is 2.46. The maximum absolute atomic E-state index is 12.2. The second-order valence-corrected chi connectivity index (χ2v) is 5.63. The molecule has 0 spiro atoms. The van der Waals surface area contributed by atoms with Crippen molar-refractivity contribution in [1.82, 2.24) is 4.90 Å². The van der Waals surface area contributed by atoms with Crippen LogP contribution in [0, 0.1) is 11.8 Å². The van der Waals surface area contributed by atoms with Crippen molar-refractivity contribution in [3.8, 4) is 5.75 Å². The maximum Gasteiger partial charge on any atom is 0.339 e. The highest BCUT2D eigenvalue weighted by Gasteiger charge is 2.26. The lowest BCUT2D eigenvalue weighted by molar-refractivity contribution is 0.0693. The molecule has 1 fully saturated rings. The molecule has 2 amide bonds. The van der Waals surface area contributed by atoms with Crippen molar-refractivity contribution in [3.63, 3.8) is 0 Å². The number of benzene rings is 1. The van der Waals surface area contributed by atoms with Gasteiger partial charge in [-0.3, -0.25) is 0 Å². The Labute approximate surface area is 123 Å². The number of carboxylic acids is 1. The highest BCUT2D eigenvalue weighted by Crippen LogP contribution is 2.28. The quantitative estimate of drug-likeness (QED) is 0.731. The van der Waals surface area contributed by atoms with E-state index in [-0.39, 0.29) is 17.3 Å². The molecule has 1 aromatic rings. The predicted molar refractivity (Wildman–Crippen MR) is 78.6 cm³/mol. The summed E-state index contributed by atoms with van der Waals surface area (Å²) in [6, 6.07) is 3.94. The van der Waals surface area contributed by atoms with Gasteiger partial charge in [-0.15, -0.1) is 0 Å². The van der Waals surface area contributed by atoms with Gasteiger partial charge in [-0.1, -0.05) is 19.9 Å². The minimum absolute atomic E-state index is 0.117. The summed E-state index contributed by atoms with van der Waals surface area (Å²) in [5, 5.41) is 21.4. The van der Waals surface area contributed by atoms with Gasteiger partial charge < -0.3 is 20.4 Å². The van der Waals surface area contributed by atoms with Crippen LogP contribution in [0.5, 0.6) is 5.75 Å². The van der Waals surface area contributed by atoms with Gasteiger partial charge in [-0.05, 0) is 30.4 Å². The first-order valence-electron chi connectivity index (χ1n) is 7.01. The third-order valence-electron chi connectivity index (χ3n) is 4.13. The summed E-state index contributed by atoms with van der Waals surface area (Å²) in [5.41, 5.74) is -0.111. The van der Waals surface area contributed by atoms with E-state index in [0.29, 0.717) is 24.9 Å². The number of anilines is 1. The lowest BCUT2D eigenvalue weighted by Crippen LogP contribution is -2.44. The Balaban J connectivity index is 2.10. The van der Waals surface area contributed by atoms with E-state index in [1.54, 1.807) is 4.90 Å². The molecule has 6 nitrogen and oxygen atoms in total. The van der Waals surface area contributed by atoms with E-state index in [0.717, 1.165) is 6.42 Å². The molecule has 6 heteroatoms. The molecule has 1 aliphatic rings. The van der Waals surface area contributed by atoms with Crippen LogP contribution in [0.15, 0.2) is 18.2 Å². The smallest absolute Gasteiger partial charge is 0.339 e. The molecular weight excluding hydrogens is 272 g/mol. The monoisotopic (exact) mass is 292 g/mol. The van der Waals surface area contributed by atoms with E-state index in [1.807, 2.05) is 0 Å². The summed E-state index contributed by atoms with van der Waals surface area (Å²) < 4.78 is 0. The zero-order chi connectivity index (χ0) is 15.6. The van der Waals surface area contributed by atoms with Gasteiger partial charge in [-0.25, -0.2) is 9.59 Å². The molecule has 2 rings (SSSR count). The number of aromatic hydroxyl groups is 1. The zero-order valence-electron chi connectivity index (χ0n) is 12.2. The molecule has 114 valence electrons. The number of amides is 2. The zero-order valence-corrected chi connectivity index (χ0v) is 12.2. The number of nitrogens with zero attached hydrogens (tertiary/aromatic N) is 1. The SMILES string of the molecule is CC1CCN(C(=O)Nc2cccc(C(=O)O)c2O)CC1C. The Hall–Kier alpha value is -2.24. The van der Waals surface area contributed by atoms with Crippen molar-refractivity contribution in [3.05, 3.63) is 23.8 Å². The number of piperidine rings is 1. The molecule has 0 saturated carbocycles. The fourth-order valence-electron chi connectivity index (χ4n) is 2.46. The van der Waals surface area contributed by atoms with Gasteiger partial charge in [0.1, 0.15) is 5.56 Å². The molecule has 1 aromatic carbocycles. The van der Waals surface area contributed by atoms with Crippen molar-refractivity contribution in [2.75, 3.05) is 18.4 Å². The molecule has 1 saturated heterocycles. The van der Waals surface area contributed by atoms with Crippen molar-refractivity contribution < 1.29 is 19.8 Å². The number of nitrogens with one attached hydrogen (secondary N) is 1. The summed E-state index contributed by atoms with van der Waals surface area (Å²) in [7, 11) is 0. The lowest BCUT2D eigenvalue weighted by Gasteiger charge is -2.35. The third kappa shape index (κ3) is 3.26. The predicted octanol–water partition coefficient (Wildman–Crippen LogP) is 2.60. The van der Waals surface area contributed by atoms with Crippen LogP contribution >= 0.6 is 0 Å². The highest BCUT2D eigenvalue weighted by molar-refractivity contribution is 5.97. The molecule has 0 bridgehead atoms. The number of rotatable bonds is 2. The van der Waals surface area contributed by atoms with Gasteiger partial charge in [0.2, 0.25) is 0 Å². The number of carbonyl (C=O) groups is 2. The largest absolute Gasteiger partial charge is 0.505 e. The number of hydrogen-bond acceptors (Lipinski definition) is 3. The molecule has 21 heavy (non-hydrogen) atoms. The molecule has 0 aromatic heterocycles. The first-order valence-corrected chi connectivity index (χ1v) is 7.01. The molecule has 1 aliphatic heterocycles. The molecular formula is C15H20N2O4. The number of carbonyl (C=O) groups excluding carboxylic acids is 1. The number of para-hydroxylation sites is 1. The number of aromatic carboxylic acids is 1. The Morgan fingerprint density at radius 1 is 1.29 bits per heavy atom.